The number of likely N-dealkylation sites (tertiary alicyclic amines) is 1. The molecule has 1 N–H and O–H groups in total. The standard InChI is InChI=1S/C26H26N6O3S2/c1-16(2)25-29-30-26(36-25)17-7-9-21(10-8-17)35-22-12-18(24(34)27-13-20-14-28-37-31-20)5-6-19(22)15-32-11-3-4-23(32)33/h5-10,12,14,16H,3-4,11,13,15H2,1-2H3,(H,27,34). The summed E-state index contributed by atoms with van der Waals surface area (Å²) in [7, 11) is 0. The number of aromatic nitrogens is 4. The number of amides is 2. The zero-order chi connectivity index (χ0) is 25.8. The second kappa shape index (κ2) is 11.1. The summed E-state index contributed by atoms with van der Waals surface area (Å²) in [6.45, 7) is 5.64. The van der Waals surface area contributed by atoms with E-state index >= 15 is 0 Å². The van der Waals surface area contributed by atoms with Crippen molar-refractivity contribution in [3.05, 3.63) is 70.5 Å². The molecule has 11 heteroatoms. The third kappa shape index (κ3) is 6.00. The van der Waals surface area contributed by atoms with Gasteiger partial charge in [-0.3, -0.25) is 9.59 Å². The second-order valence-electron chi connectivity index (χ2n) is 9.05. The summed E-state index contributed by atoms with van der Waals surface area (Å²) in [5.41, 5.74) is 2.96. The molecule has 37 heavy (non-hydrogen) atoms. The molecular weight excluding hydrogens is 508 g/mol. The first-order chi connectivity index (χ1) is 18.0. The van der Waals surface area contributed by atoms with Crippen LogP contribution in [-0.4, -0.2) is 42.2 Å². The number of hydrogen-bond acceptors (Lipinski definition) is 9. The van der Waals surface area contributed by atoms with Crippen LogP contribution in [0.3, 0.4) is 0 Å². The molecule has 0 atom stereocenters. The van der Waals surface area contributed by atoms with Gasteiger partial charge in [0, 0.05) is 42.1 Å². The van der Waals surface area contributed by atoms with Crippen LogP contribution >= 0.6 is 23.1 Å². The molecule has 0 bridgehead atoms. The SMILES string of the molecule is CC(C)c1nnc(-c2ccc(Oc3cc(C(=O)NCc4cnsn4)ccc3CN3CCCC3=O)cc2)s1. The Hall–Kier alpha value is -3.70. The predicted molar refractivity (Wildman–Crippen MR) is 142 cm³/mol. The van der Waals surface area contributed by atoms with Crippen LogP contribution in [0.1, 0.15) is 59.2 Å². The Morgan fingerprint density at radius 3 is 2.68 bits per heavy atom. The monoisotopic (exact) mass is 534 g/mol. The van der Waals surface area contributed by atoms with Crippen LogP contribution < -0.4 is 10.1 Å². The van der Waals surface area contributed by atoms with E-state index < -0.39 is 0 Å². The minimum absolute atomic E-state index is 0.131. The molecular formula is C26H26N6O3S2. The maximum absolute atomic E-state index is 12.8. The first-order valence-corrected chi connectivity index (χ1v) is 13.6. The van der Waals surface area contributed by atoms with Gasteiger partial charge in [0.15, 0.2) is 0 Å². The summed E-state index contributed by atoms with van der Waals surface area (Å²) >= 11 is 2.68. The van der Waals surface area contributed by atoms with Crippen molar-refractivity contribution in [3.63, 3.8) is 0 Å². The van der Waals surface area contributed by atoms with Crippen LogP contribution in [0.15, 0.2) is 48.7 Å². The Bertz CT molecular complexity index is 1390. The Morgan fingerprint density at radius 2 is 2.00 bits per heavy atom. The first-order valence-electron chi connectivity index (χ1n) is 12.0. The molecule has 5 rings (SSSR count). The van der Waals surface area contributed by atoms with Gasteiger partial charge in [-0.15, -0.1) is 10.2 Å². The number of carbonyl (C=O) groups is 2. The van der Waals surface area contributed by atoms with Crippen molar-refractivity contribution in [1.82, 2.24) is 29.2 Å². The Balaban J connectivity index is 1.36. The molecule has 190 valence electrons. The van der Waals surface area contributed by atoms with Gasteiger partial charge in [0.1, 0.15) is 21.5 Å². The number of benzene rings is 2. The van der Waals surface area contributed by atoms with Gasteiger partial charge in [-0.25, -0.2) is 0 Å². The van der Waals surface area contributed by atoms with E-state index in [1.807, 2.05) is 35.2 Å². The molecule has 1 aliphatic rings. The summed E-state index contributed by atoms with van der Waals surface area (Å²) in [5.74, 6) is 1.38. The summed E-state index contributed by atoms with van der Waals surface area (Å²) in [5, 5.41) is 13.3. The lowest BCUT2D eigenvalue weighted by Crippen LogP contribution is -2.25. The third-order valence-electron chi connectivity index (χ3n) is 5.96. The van der Waals surface area contributed by atoms with Crippen LogP contribution in [0.2, 0.25) is 0 Å². The van der Waals surface area contributed by atoms with E-state index in [1.54, 1.807) is 29.7 Å². The maximum atomic E-state index is 12.8. The molecule has 0 saturated carbocycles. The number of carbonyl (C=O) groups excluding carboxylic acids is 2. The fourth-order valence-electron chi connectivity index (χ4n) is 3.91. The van der Waals surface area contributed by atoms with Crippen LogP contribution in [0.4, 0.5) is 0 Å². The van der Waals surface area contributed by atoms with E-state index in [4.69, 9.17) is 4.74 Å². The van der Waals surface area contributed by atoms with E-state index in [1.165, 1.54) is 0 Å². The van der Waals surface area contributed by atoms with Crippen molar-refractivity contribution in [3.8, 4) is 22.1 Å². The van der Waals surface area contributed by atoms with Crippen molar-refractivity contribution in [2.24, 2.45) is 0 Å². The highest BCUT2D eigenvalue weighted by atomic mass is 32.1. The summed E-state index contributed by atoms with van der Waals surface area (Å²) < 4.78 is 14.3. The summed E-state index contributed by atoms with van der Waals surface area (Å²) in [6, 6.07) is 13.0. The fraction of sp³-hybridized carbons (Fsp3) is 0.308. The van der Waals surface area contributed by atoms with Gasteiger partial charge in [-0.05, 0) is 42.8 Å². The van der Waals surface area contributed by atoms with Gasteiger partial charge in [0.2, 0.25) is 5.91 Å². The third-order valence-corrected chi connectivity index (χ3v) is 7.75. The number of nitrogens with zero attached hydrogens (tertiary/aromatic N) is 5. The van der Waals surface area contributed by atoms with E-state index in [0.29, 0.717) is 48.2 Å². The minimum Gasteiger partial charge on any atom is -0.457 e. The molecule has 1 fully saturated rings. The van der Waals surface area contributed by atoms with Gasteiger partial charge in [0.25, 0.3) is 5.91 Å². The van der Waals surface area contributed by atoms with Crippen LogP contribution in [0.5, 0.6) is 11.5 Å². The summed E-state index contributed by atoms with van der Waals surface area (Å²) in [6.07, 6.45) is 3.05. The first kappa shape index (κ1) is 25.0. The predicted octanol–water partition coefficient (Wildman–Crippen LogP) is 5.02. The lowest BCUT2D eigenvalue weighted by Gasteiger charge is -2.19. The van der Waals surface area contributed by atoms with E-state index in [9.17, 15) is 9.59 Å². The largest absolute Gasteiger partial charge is 0.457 e. The molecule has 2 aromatic carbocycles. The quantitative estimate of drug-likeness (QED) is 0.321. The number of ether oxygens (including phenoxy) is 1. The van der Waals surface area contributed by atoms with Gasteiger partial charge in [0.05, 0.1) is 30.2 Å². The number of nitrogens with one attached hydrogen (secondary N) is 1. The van der Waals surface area contributed by atoms with E-state index in [-0.39, 0.29) is 11.8 Å². The number of rotatable bonds is 9. The molecule has 1 saturated heterocycles. The van der Waals surface area contributed by atoms with Crippen molar-refractivity contribution >= 4 is 34.9 Å². The highest BCUT2D eigenvalue weighted by molar-refractivity contribution is 7.14. The molecule has 4 aromatic rings. The molecule has 2 aromatic heterocycles. The topological polar surface area (TPSA) is 110 Å². The molecule has 0 radical (unpaired) electrons. The molecule has 0 aliphatic carbocycles. The molecule has 2 amide bonds. The van der Waals surface area contributed by atoms with Gasteiger partial charge in [-0.2, -0.15) is 8.75 Å². The maximum Gasteiger partial charge on any atom is 0.251 e. The lowest BCUT2D eigenvalue weighted by molar-refractivity contribution is -0.128. The highest BCUT2D eigenvalue weighted by Crippen LogP contribution is 2.32. The van der Waals surface area contributed by atoms with Crippen molar-refractivity contribution < 1.29 is 14.3 Å². The Kier molecular flexibility index (Phi) is 7.52. The Labute approximate surface area is 222 Å². The van der Waals surface area contributed by atoms with Crippen molar-refractivity contribution in [1.29, 1.82) is 0 Å². The Morgan fingerprint density at radius 1 is 1.16 bits per heavy atom. The summed E-state index contributed by atoms with van der Waals surface area (Å²) in [4.78, 5) is 26.9. The average Bonchev–Trinajstić information content (AvgIpc) is 3.67. The normalized spacial score (nSPS) is 13.4. The fourth-order valence-corrected chi connectivity index (χ4v) is 5.19. The van der Waals surface area contributed by atoms with Crippen LogP contribution in [-0.2, 0) is 17.9 Å². The molecule has 9 nitrogen and oxygen atoms in total. The second-order valence-corrected chi connectivity index (χ2v) is 10.6. The van der Waals surface area contributed by atoms with Gasteiger partial charge in [-0.1, -0.05) is 31.3 Å². The van der Waals surface area contributed by atoms with E-state index in [2.05, 4.69) is 38.1 Å². The molecule has 1 aliphatic heterocycles. The van der Waals surface area contributed by atoms with E-state index in [0.717, 1.165) is 45.8 Å². The molecule has 3 heterocycles. The van der Waals surface area contributed by atoms with Crippen molar-refractivity contribution in [2.75, 3.05) is 6.54 Å². The zero-order valence-corrected chi connectivity index (χ0v) is 22.1. The van der Waals surface area contributed by atoms with Gasteiger partial charge < -0.3 is 15.0 Å². The van der Waals surface area contributed by atoms with Crippen molar-refractivity contribution in [2.45, 2.75) is 45.7 Å². The van der Waals surface area contributed by atoms with Gasteiger partial charge >= 0.3 is 0 Å². The lowest BCUT2D eigenvalue weighted by atomic mass is 10.1. The average molecular weight is 535 g/mol. The smallest absolute Gasteiger partial charge is 0.251 e. The molecule has 0 spiro atoms. The number of hydrogen-bond donors (Lipinski definition) is 1. The molecule has 0 unspecified atom stereocenters. The highest BCUT2D eigenvalue weighted by Gasteiger charge is 2.22. The van der Waals surface area contributed by atoms with Crippen LogP contribution in [0.25, 0.3) is 10.6 Å². The van der Waals surface area contributed by atoms with Crippen LogP contribution in [0, 0.1) is 0 Å². The zero-order valence-electron chi connectivity index (χ0n) is 20.5. The minimum atomic E-state index is -0.241.